The van der Waals surface area contributed by atoms with E-state index in [1.807, 2.05) is 6.20 Å². The van der Waals surface area contributed by atoms with Crippen molar-refractivity contribution in [2.75, 3.05) is 32.8 Å². The zero-order chi connectivity index (χ0) is 18.9. The number of rotatable bonds is 7. The number of hydrogen-bond acceptors (Lipinski definition) is 5. The molecule has 1 atom stereocenters. The lowest BCUT2D eigenvalue weighted by Gasteiger charge is -2.35. The van der Waals surface area contributed by atoms with Crippen LogP contribution in [0.4, 0.5) is 0 Å². The minimum Gasteiger partial charge on any atom is -0.376 e. The summed E-state index contributed by atoms with van der Waals surface area (Å²) in [6, 6.07) is 0. The Hall–Kier alpha value is -1.18. The van der Waals surface area contributed by atoms with Crippen molar-refractivity contribution in [3.8, 4) is 0 Å². The second-order valence-electron chi connectivity index (χ2n) is 7.25. The van der Waals surface area contributed by atoms with Crippen LogP contribution in [0, 0.1) is 0 Å². The molecule has 0 saturated carbocycles. The predicted molar refractivity (Wildman–Crippen MR) is 110 cm³/mol. The standard InChI is InChI=1S/C20H34N4O2S/c1-3-18-13-22-19(27-18)14-23-20(21-4-2)24-10-8-16(9-11-24)26-15-17-7-5-6-12-25-17/h13,16-17H,3-12,14-15H2,1-2H3,(H,21,23). The Morgan fingerprint density at radius 3 is 2.85 bits per heavy atom. The van der Waals surface area contributed by atoms with Gasteiger partial charge in [0.1, 0.15) is 5.01 Å². The minimum absolute atomic E-state index is 0.307. The number of nitrogens with one attached hydrogen (secondary N) is 1. The Morgan fingerprint density at radius 2 is 2.19 bits per heavy atom. The van der Waals surface area contributed by atoms with Gasteiger partial charge in [0, 0.05) is 37.3 Å². The van der Waals surface area contributed by atoms with Crippen LogP contribution >= 0.6 is 11.3 Å². The molecule has 2 saturated heterocycles. The van der Waals surface area contributed by atoms with Gasteiger partial charge in [-0.2, -0.15) is 0 Å². The van der Waals surface area contributed by atoms with Crippen molar-refractivity contribution in [3.63, 3.8) is 0 Å². The predicted octanol–water partition coefficient (Wildman–Crippen LogP) is 3.22. The van der Waals surface area contributed by atoms with E-state index in [2.05, 4.69) is 29.0 Å². The molecule has 3 heterocycles. The number of hydrogen-bond donors (Lipinski definition) is 1. The first-order chi connectivity index (χ1) is 13.3. The second-order valence-corrected chi connectivity index (χ2v) is 8.45. The quantitative estimate of drug-likeness (QED) is 0.568. The molecule has 1 aromatic rings. The Labute approximate surface area is 167 Å². The van der Waals surface area contributed by atoms with Gasteiger partial charge in [-0.05, 0) is 45.4 Å². The number of piperidine rings is 1. The van der Waals surface area contributed by atoms with E-state index in [0.717, 1.165) is 69.5 Å². The fourth-order valence-corrected chi connectivity index (χ4v) is 4.36. The first-order valence-corrected chi connectivity index (χ1v) is 11.3. The average Bonchev–Trinajstić information content (AvgIpc) is 3.19. The van der Waals surface area contributed by atoms with E-state index in [9.17, 15) is 0 Å². The van der Waals surface area contributed by atoms with Gasteiger partial charge in [-0.25, -0.2) is 9.98 Å². The maximum atomic E-state index is 6.13. The van der Waals surface area contributed by atoms with E-state index in [1.165, 1.54) is 17.7 Å². The monoisotopic (exact) mass is 394 g/mol. The van der Waals surface area contributed by atoms with Gasteiger partial charge in [0.2, 0.25) is 0 Å². The molecule has 2 aliphatic heterocycles. The number of nitrogens with zero attached hydrogens (tertiary/aromatic N) is 3. The third kappa shape index (κ3) is 6.43. The molecule has 2 fully saturated rings. The molecule has 27 heavy (non-hydrogen) atoms. The smallest absolute Gasteiger partial charge is 0.194 e. The summed E-state index contributed by atoms with van der Waals surface area (Å²) in [6.45, 7) is 9.44. The van der Waals surface area contributed by atoms with Gasteiger partial charge in [-0.1, -0.05) is 6.92 Å². The molecular weight excluding hydrogens is 360 g/mol. The van der Waals surface area contributed by atoms with Crippen molar-refractivity contribution >= 4 is 17.3 Å². The van der Waals surface area contributed by atoms with Crippen LogP contribution in [0.1, 0.15) is 55.8 Å². The molecule has 3 rings (SSSR count). The van der Waals surface area contributed by atoms with E-state index < -0.39 is 0 Å². The van der Waals surface area contributed by atoms with Crippen LogP contribution in [0.2, 0.25) is 0 Å². The van der Waals surface area contributed by atoms with Crippen LogP contribution in [0.5, 0.6) is 0 Å². The highest BCUT2D eigenvalue weighted by Gasteiger charge is 2.23. The summed E-state index contributed by atoms with van der Waals surface area (Å²) in [5.41, 5.74) is 0. The molecule has 0 spiro atoms. The first kappa shape index (κ1) is 20.6. The molecule has 1 aromatic heterocycles. The van der Waals surface area contributed by atoms with Gasteiger partial charge < -0.3 is 19.7 Å². The number of guanidine groups is 1. The Bertz CT molecular complexity index is 578. The lowest BCUT2D eigenvalue weighted by Crippen LogP contribution is -2.47. The van der Waals surface area contributed by atoms with Crippen LogP contribution in [-0.4, -0.2) is 60.9 Å². The zero-order valence-corrected chi connectivity index (χ0v) is 17.6. The number of aryl methyl sites for hydroxylation is 1. The van der Waals surface area contributed by atoms with Crippen molar-refractivity contribution in [2.45, 2.75) is 71.1 Å². The Kier molecular flexibility index (Phi) is 8.35. The maximum absolute atomic E-state index is 6.13. The van der Waals surface area contributed by atoms with Crippen molar-refractivity contribution in [2.24, 2.45) is 4.99 Å². The second kappa shape index (κ2) is 11.0. The van der Waals surface area contributed by atoms with Crippen LogP contribution < -0.4 is 5.32 Å². The average molecular weight is 395 g/mol. The van der Waals surface area contributed by atoms with Crippen LogP contribution in [0.25, 0.3) is 0 Å². The lowest BCUT2D eigenvalue weighted by molar-refractivity contribution is -0.0721. The summed E-state index contributed by atoms with van der Waals surface area (Å²) < 4.78 is 11.9. The fraction of sp³-hybridized carbons (Fsp3) is 0.800. The molecule has 0 amide bonds. The van der Waals surface area contributed by atoms with E-state index in [4.69, 9.17) is 14.5 Å². The SMILES string of the molecule is CCNC(=NCc1ncc(CC)s1)N1CCC(OCC2CCCCO2)CC1. The third-order valence-corrected chi connectivity index (χ3v) is 6.31. The van der Waals surface area contributed by atoms with E-state index in [0.29, 0.717) is 18.8 Å². The molecular formula is C20H34N4O2S. The van der Waals surface area contributed by atoms with Crippen molar-refractivity contribution < 1.29 is 9.47 Å². The summed E-state index contributed by atoms with van der Waals surface area (Å²) in [5.74, 6) is 1.000. The summed E-state index contributed by atoms with van der Waals surface area (Å²) in [5, 5.41) is 4.52. The molecule has 0 radical (unpaired) electrons. The number of aromatic nitrogens is 1. The fourth-order valence-electron chi connectivity index (χ4n) is 3.57. The highest BCUT2D eigenvalue weighted by molar-refractivity contribution is 7.11. The molecule has 0 bridgehead atoms. The van der Waals surface area contributed by atoms with Gasteiger partial charge in [-0.3, -0.25) is 0 Å². The lowest BCUT2D eigenvalue weighted by atomic mass is 10.1. The van der Waals surface area contributed by atoms with Crippen LogP contribution in [-0.2, 0) is 22.4 Å². The number of likely N-dealkylation sites (tertiary alicyclic amines) is 1. The van der Waals surface area contributed by atoms with Gasteiger partial charge >= 0.3 is 0 Å². The largest absolute Gasteiger partial charge is 0.376 e. The van der Waals surface area contributed by atoms with Crippen LogP contribution in [0.15, 0.2) is 11.2 Å². The van der Waals surface area contributed by atoms with Crippen molar-refractivity contribution in [1.29, 1.82) is 0 Å². The van der Waals surface area contributed by atoms with E-state index in [1.54, 1.807) is 11.3 Å². The molecule has 152 valence electrons. The van der Waals surface area contributed by atoms with Gasteiger partial charge in [0.25, 0.3) is 0 Å². The van der Waals surface area contributed by atoms with Crippen molar-refractivity contribution in [3.05, 3.63) is 16.1 Å². The molecule has 6 nitrogen and oxygen atoms in total. The van der Waals surface area contributed by atoms with Gasteiger partial charge in [0.05, 0.1) is 25.4 Å². The zero-order valence-electron chi connectivity index (χ0n) is 16.8. The Morgan fingerprint density at radius 1 is 1.33 bits per heavy atom. The molecule has 0 aliphatic carbocycles. The maximum Gasteiger partial charge on any atom is 0.194 e. The Balaban J connectivity index is 1.45. The minimum atomic E-state index is 0.307. The normalized spacial score (nSPS) is 22.2. The van der Waals surface area contributed by atoms with Crippen LogP contribution in [0.3, 0.4) is 0 Å². The number of ether oxygens (including phenoxy) is 2. The van der Waals surface area contributed by atoms with E-state index >= 15 is 0 Å². The topological polar surface area (TPSA) is 59.0 Å². The van der Waals surface area contributed by atoms with E-state index in [-0.39, 0.29) is 0 Å². The van der Waals surface area contributed by atoms with Crippen molar-refractivity contribution in [1.82, 2.24) is 15.2 Å². The van der Waals surface area contributed by atoms with Gasteiger partial charge in [0.15, 0.2) is 5.96 Å². The summed E-state index contributed by atoms with van der Waals surface area (Å²) in [7, 11) is 0. The van der Waals surface area contributed by atoms with Gasteiger partial charge in [-0.15, -0.1) is 11.3 Å². The highest BCUT2D eigenvalue weighted by Crippen LogP contribution is 2.19. The molecule has 0 aromatic carbocycles. The summed E-state index contributed by atoms with van der Waals surface area (Å²) in [4.78, 5) is 13.0. The number of thiazole rings is 1. The first-order valence-electron chi connectivity index (χ1n) is 10.5. The summed E-state index contributed by atoms with van der Waals surface area (Å²) in [6.07, 6.45) is 9.38. The molecule has 7 heteroatoms. The number of aliphatic imine (C=N–C) groups is 1. The summed E-state index contributed by atoms with van der Waals surface area (Å²) >= 11 is 1.76. The molecule has 2 aliphatic rings. The molecule has 1 N–H and O–H groups in total. The third-order valence-electron chi connectivity index (χ3n) is 5.18. The molecule has 1 unspecified atom stereocenters. The highest BCUT2D eigenvalue weighted by atomic mass is 32.1.